The van der Waals surface area contributed by atoms with Gasteiger partial charge in [0.05, 0.1) is 0 Å². The number of imidazole rings is 1. The van der Waals surface area contributed by atoms with Crippen molar-refractivity contribution in [3.63, 3.8) is 0 Å². The van der Waals surface area contributed by atoms with Crippen molar-refractivity contribution < 1.29 is 24.1 Å². The van der Waals surface area contributed by atoms with E-state index in [4.69, 9.17) is 0 Å². The van der Waals surface area contributed by atoms with Gasteiger partial charge >= 0.3 is 87.5 Å². The Labute approximate surface area is 87.7 Å². The summed E-state index contributed by atoms with van der Waals surface area (Å²) in [6.07, 6.45) is 3.36. The van der Waals surface area contributed by atoms with E-state index in [2.05, 4.69) is 9.97 Å². The summed E-state index contributed by atoms with van der Waals surface area (Å²) in [7, 11) is 0. The molecule has 0 spiro atoms. The van der Waals surface area contributed by atoms with E-state index in [9.17, 15) is 4.79 Å². The van der Waals surface area contributed by atoms with Crippen LogP contribution < -0.4 is 4.98 Å². The third-order valence-electron chi connectivity index (χ3n) is 1.46. The number of hydrogen-bond donors (Lipinski definition) is 0. The number of rotatable bonds is 3. The van der Waals surface area contributed by atoms with E-state index in [0.29, 0.717) is 11.5 Å². The zero-order valence-electron chi connectivity index (χ0n) is 7.44. The summed E-state index contributed by atoms with van der Waals surface area (Å²) in [6.45, 7) is 3.47. The summed E-state index contributed by atoms with van der Waals surface area (Å²) in [6, 6.07) is 0. The van der Waals surface area contributed by atoms with Crippen LogP contribution in [0.1, 0.15) is 30.2 Å². The van der Waals surface area contributed by atoms with Crippen LogP contribution in [0.15, 0.2) is 11.8 Å². The fourth-order valence-corrected chi connectivity index (χ4v) is 1.03. The van der Waals surface area contributed by atoms with Gasteiger partial charge in [-0.2, -0.15) is 0 Å². The SMILES string of the molecule is CC(=O)c1cnc(/C=C(/C)[CH]=[W])[n-]1. The van der Waals surface area contributed by atoms with Crippen molar-refractivity contribution in [1.29, 1.82) is 0 Å². The van der Waals surface area contributed by atoms with Gasteiger partial charge in [-0.15, -0.1) is 0 Å². The Balaban J connectivity index is 2.92. The van der Waals surface area contributed by atoms with Gasteiger partial charge in [0, 0.05) is 0 Å². The number of Topliss-reactive ketones (excluding diaryl/α,β-unsaturated/α-hetero) is 1. The molecule has 1 rings (SSSR count). The molecule has 0 aromatic carbocycles. The van der Waals surface area contributed by atoms with Crippen LogP contribution in [0.3, 0.4) is 0 Å². The molecule has 4 heteroatoms. The van der Waals surface area contributed by atoms with Gasteiger partial charge in [0.2, 0.25) is 0 Å². The molecule has 0 fully saturated rings. The third-order valence-corrected chi connectivity index (χ3v) is 2.79. The van der Waals surface area contributed by atoms with E-state index in [1.807, 2.05) is 17.4 Å². The Morgan fingerprint density at radius 1 is 1.62 bits per heavy atom. The summed E-state index contributed by atoms with van der Waals surface area (Å²) in [5, 5.41) is 0. The molecule has 0 radical (unpaired) electrons. The summed E-state index contributed by atoms with van der Waals surface area (Å²) in [5.41, 5.74) is 1.55. The van der Waals surface area contributed by atoms with Crippen molar-refractivity contribution in [2.45, 2.75) is 13.8 Å². The molecule has 0 amide bonds. The summed E-state index contributed by atoms with van der Waals surface area (Å²) in [5.74, 6) is 0.566. The van der Waals surface area contributed by atoms with E-state index in [-0.39, 0.29) is 5.78 Å². The van der Waals surface area contributed by atoms with Crippen molar-refractivity contribution in [3.05, 3.63) is 23.3 Å². The molecule has 0 N–H and O–H groups in total. The summed E-state index contributed by atoms with van der Waals surface area (Å²) in [4.78, 5) is 18.9. The monoisotopic (exact) mass is 345 g/mol. The Bertz CT molecular complexity index is 365. The second kappa shape index (κ2) is 4.42. The van der Waals surface area contributed by atoms with Crippen molar-refractivity contribution in [2.24, 2.45) is 0 Å². The number of hydrogen-bond acceptors (Lipinski definition) is 2. The Morgan fingerprint density at radius 3 is 2.77 bits per heavy atom. The van der Waals surface area contributed by atoms with E-state index in [1.165, 1.54) is 32.5 Å². The summed E-state index contributed by atoms with van der Waals surface area (Å²) < 4.78 is 2.05. The maximum atomic E-state index is 10.9. The maximum absolute atomic E-state index is 10.9. The number of carbonyl (C=O) groups excluding carboxylic acids is 1. The van der Waals surface area contributed by atoms with Gasteiger partial charge in [-0.1, -0.05) is 0 Å². The number of aromatic nitrogens is 2. The predicted molar refractivity (Wildman–Crippen MR) is 47.3 cm³/mol. The first-order chi connectivity index (χ1) is 6.13. The molecular formula is C9H9N2OW-. The van der Waals surface area contributed by atoms with Crippen LogP contribution in [0.5, 0.6) is 0 Å². The molecule has 1 aromatic rings. The molecule has 0 aliphatic rings. The van der Waals surface area contributed by atoms with E-state index >= 15 is 0 Å². The van der Waals surface area contributed by atoms with Crippen LogP contribution in [0.25, 0.3) is 6.08 Å². The van der Waals surface area contributed by atoms with Crippen LogP contribution in [0, 0.1) is 0 Å². The van der Waals surface area contributed by atoms with Gasteiger partial charge in [0.1, 0.15) is 0 Å². The Kier molecular flexibility index (Phi) is 3.49. The molecule has 0 saturated carbocycles. The van der Waals surface area contributed by atoms with Crippen molar-refractivity contribution in [3.8, 4) is 0 Å². The minimum atomic E-state index is -0.0455. The predicted octanol–water partition coefficient (Wildman–Crippen LogP) is 0.994. The van der Waals surface area contributed by atoms with Crippen LogP contribution in [-0.2, 0) is 19.4 Å². The van der Waals surface area contributed by atoms with Crippen LogP contribution in [0.4, 0.5) is 0 Å². The van der Waals surface area contributed by atoms with Gasteiger partial charge in [-0.05, 0) is 0 Å². The Morgan fingerprint density at radius 2 is 2.31 bits per heavy atom. The quantitative estimate of drug-likeness (QED) is 0.768. The average molecular weight is 345 g/mol. The number of nitrogens with zero attached hydrogens (tertiary/aromatic N) is 2. The summed E-state index contributed by atoms with van der Waals surface area (Å²) >= 11 is 1.39. The first-order valence-corrected chi connectivity index (χ1v) is 5.47. The van der Waals surface area contributed by atoms with Gasteiger partial charge in [0.25, 0.3) is 0 Å². The topological polar surface area (TPSA) is 44.1 Å². The molecular weight excluding hydrogens is 336 g/mol. The second-order valence-electron chi connectivity index (χ2n) is 2.68. The van der Waals surface area contributed by atoms with Crippen molar-refractivity contribution in [1.82, 2.24) is 9.97 Å². The average Bonchev–Trinajstić information content (AvgIpc) is 2.52. The van der Waals surface area contributed by atoms with Gasteiger partial charge in [-0.3, -0.25) is 0 Å². The number of allylic oxidation sites excluding steroid dienone is 1. The second-order valence-corrected chi connectivity index (χ2v) is 3.52. The van der Waals surface area contributed by atoms with Gasteiger partial charge in [0.15, 0.2) is 0 Å². The molecule has 0 saturated heterocycles. The fraction of sp³-hybridized carbons (Fsp3) is 0.222. The van der Waals surface area contributed by atoms with Gasteiger partial charge < -0.3 is 0 Å². The molecule has 68 valence electrons. The third kappa shape index (κ3) is 2.85. The molecule has 0 unspecified atom stereocenters. The van der Waals surface area contributed by atoms with E-state index in [1.54, 1.807) is 0 Å². The normalized spacial score (nSPS) is 11.4. The fourth-order valence-electron chi connectivity index (χ4n) is 0.785. The zero-order valence-corrected chi connectivity index (χ0v) is 10.4. The number of carbonyl (C=O) groups is 1. The minimum absolute atomic E-state index is 0.0455. The Hall–Kier alpha value is -0.822. The number of ketones is 1. The first kappa shape index (κ1) is 10.3. The molecule has 0 aliphatic carbocycles. The van der Waals surface area contributed by atoms with Crippen LogP contribution in [-0.4, -0.2) is 15.2 Å². The molecule has 3 nitrogen and oxygen atoms in total. The molecule has 13 heavy (non-hydrogen) atoms. The molecule has 1 heterocycles. The van der Waals surface area contributed by atoms with Crippen LogP contribution >= 0.6 is 0 Å². The molecule has 0 bridgehead atoms. The molecule has 0 aliphatic heterocycles. The van der Waals surface area contributed by atoms with Crippen molar-refractivity contribution in [2.75, 3.05) is 0 Å². The van der Waals surface area contributed by atoms with E-state index in [0.717, 1.165) is 5.57 Å². The van der Waals surface area contributed by atoms with Crippen LogP contribution in [0.2, 0.25) is 0 Å². The van der Waals surface area contributed by atoms with Gasteiger partial charge in [-0.25, -0.2) is 0 Å². The standard InChI is InChI=1S/C9H10N2O.W/c1-6(2)4-9-10-5-8(11-9)7(3)12;/h1,4-5H,2-3H3,(H,10,11,12);/p-1/b6-4+;. The van der Waals surface area contributed by atoms with E-state index < -0.39 is 0 Å². The van der Waals surface area contributed by atoms with Crippen molar-refractivity contribution >= 4 is 16.3 Å². The molecule has 0 atom stereocenters. The molecule has 1 aromatic heterocycles. The first-order valence-electron chi connectivity index (χ1n) is 3.77. The zero-order chi connectivity index (χ0) is 9.84.